The third-order valence-electron chi connectivity index (χ3n) is 3.34. The molecule has 20 heavy (non-hydrogen) atoms. The first-order chi connectivity index (χ1) is 9.78. The van der Waals surface area contributed by atoms with Gasteiger partial charge in [-0.1, -0.05) is 31.1 Å². The van der Waals surface area contributed by atoms with E-state index in [9.17, 15) is 4.79 Å². The molecule has 0 radical (unpaired) electrons. The van der Waals surface area contributed by atoms with Crippen molar-refractivity contribution >= 4 is 17.4 Å². The fraction of sp³-hybridized carbons (Fsp3) is 0.533. The van der Waals surface area contributed by atoms with Crippen LogP contribution in [0, 0.1) is 11.8 Å². The van der Waals surface area contributed by atoms with E-state index in [1.807, 2.05) is 12.1 Å². The smallest absolute Gasteiger partial charge is 0.315 e. The molecule has 108 valence electrons. The molecule has 0 unspecified atom stereocenters. The number of rotatable bonds is 3. The van der Waals surface area contributed by atoms with Gasteiger partial charge in [-0.15, -0.1) is 11.3 Å². The van der Waals surface area contributed by atoms with E-state index >= 15 is 0 Å². The van der Waals surface area contributed by atoms with Crippen molar-refractivity contribution in [2.24, 2.45) is 5.73 Å². The maximum atomic E-state index is 11.8. The van der Waals surface area contributed by atoms with E-state index < -0.39 is 0 Å². The second-order valence-corrected chi connectivity index (χ2v) is 6.10. The Hall–Kier alpha value is -1.51. The van der Waals surface area contributed by atoms with E-state index in [0.29, 0.717) is 19.1 Å². The molecule has 0 aliphatic heterocycles. The van der Waals surface area contributed by atoms with Crippen molar-refractivity contribution in [2.45, 2.75) is 44.7 Å². The van der Waals surface area contributed by atoms with Gasteiger partial charge in [0.25, 0.3) is 0 Å². The van der Waals surface area contributed by atoms with Crippen molar-refractivity contribution in [1.29, 1.82) is 0 Å². The van der Waals surface area contributed by atoms with Gasteiger partial charge < -0.3 is 16.4 Å². The Balaban J connectivity index is 1.73. The van der Waals surface area contributed by atoms with Crippen LogP contribution in [0.4, 0.5) is 4.79 Å². The number of nitrogens with two attached hydrogens (primary N) is 1. The number of carbonyl (C=O) groups is 1. The van der Waals surface area contributed by atoms with Crippen molar-refractivity contribution in [1.82, 2.24) is 10.6 Å². The molecule has 2 amide bonds. The molecule has 0 aromatic carbocycles. The lowest BCUT2D eigenvalue weighted by molar-refractivity contribution is 0.232. The molecule has 1 saturated carbocycles. The van der Waals surface area contributed by atoms with Gasteiger partial charge in [-0.3, -0.25) is 0 Å². The van der Waals surface area contributed by atoms with E-state index in [1.54, 1.807) is 11.3 Å². The van der Waals surface area contributed by atoms with Crippen LogP contribution in [0.25, 0.3) is 0 Å². The van der Waals surface area contributed by atoms with Crippen LogP contribution >= 0.6 is 11.3 Å². The lowest BCUT2D eigenvalue weighted by atomic mass is 9.96. The van der Waals surface area contributed by atoms with Crippen LogP contribution in [-0.4, -0.2) is 18.6 Å². The molecule has 1 heterocycles. The monoisotopic (exact) mass is 291 g/mol. The highest BCUT2D eigenvalue weighted by Gasteiger charge is 2.15. The Bertz CT molecular complexity index is 495. The number of thiophene rings is 1. The second-order valence-electron chi connectivity index (χ2n) is 4.93. The molecular weight excluding hydrogens is 270 g/mol. The molecule has 1 aliphatic carbocycles. The van der Waals surface area contributed by atoms with Gasteiger partial charge in [0.05, 0.1) is 18.0 Å². The van der Waals surface area contributed by atoms with Crippen molar-refractivity contribution in [3.05, 3.63) is 21.9 Å². The Morgan fingerprint density at radius 3 is 2.90 bits per heavy atom. The minimum Gasteiger partial charge on any atom is -0.335 e. The lowest BCUT2D eigenvalue weighted by Crippen LogP contribution is -2.42. The minimum absolute atomic E-state index is 0.0695. The summed E-state index contributed by atoms with van der Waals surface area (Å²) >= 11 is 1.59. The number of carbonyl (C=O) groups excluding carboxylic acids is 1. The summed E-state index contributed by atoms with van der Waals surface area (Å²) in [5, 5.41) is 5.94. The maximum absolute atomic E-state index is 11.8. The van der Waals surface area contributed by atoms with Gasteiger partial charge in [0.2, 0.25) is 0 Å². The molecule has 1 aliphatic rings. The minimum atomic E-state index is -0.0695. The van der Waals surface area contributed by atoms with Crippen LogP contribution in [0.5, 0.6) is 0 Å². The third kappa shape index (κ3) is 4.87. The Labute approximate surface area is 124 Å². The first-order valence-electron chi connectivity index (χ1n) is 7.10. The Morgan fingerprint density at radius 2 is 2.15 bits per heavy atom. The highest BCUT2D eigenvalue weighted by Crippen LogP contribution is 2.17. The molecule has 0 saturated heterocycles. The van der Waals surface area contributed by atoms with Gasteiger partial charge >= 0.3 is 6.03 Å². The van der Waals surface area contributed by atoms with Gasteiger partial charge in [0.15, 0.2) is 0 Å². The van der Waals surface area contributed by atoms with Crippen LogP contribution in [0.15, 0.2) is 12.1 Å². The maximum Gasteiger partial charge on any atom is 0.315 e. The van der Waals surface area contributed by atoms with Gasteiger partial charge in [-0.25, -0.2) is 4.79 Å². The summed E-state index contributed by atoms with van der Waals surface area (Å²) in [5.74, 6) is 5.82. The van der Waals surface area contributed by atoms with E-state index in [-0.39, 0.29) is 6.03 Å². The molecule has 5 heteroatoms. The number of urea groups is 1. The summed E-state index contributed by atoms with van der Waals surface area (Å²) in [6.07, 6.45) is 5.94. The van der Waals surface area contributed by atoms with E-state index in [4.69, 9.17) is 5.73 Å². The van der Waals surface area contributed by atoms with Gasteiger partial charge in [-0.05, 0) is 25.0 Å². The number of amides is 2. The summed E-state index contributed by atoms with van der Waals surface area (Å²) in [4.78, 5) is 13.9. The zero-order valence-corrected chi connectivity index (χ0v) is 12.4. The third-order valence-corrected chi connectivity index (χ3v) is 4.34. The highest BCUT2D eigenvalue weighted by atomic mass is 32.1. The second kappa shape index (κ2) is 7.93. The summed E-state index contributed by atoms with van der Waals surface area (Å²) in [7, 11) is 0. The number of nitrogens with one attached hydrogen (secondary N) is 2. The van der Waals surface area contributed by atoms with Crippen LogP contribution in [-0.2, 0) is 6.54 Å². The quantitative estimate of drug-likeness (QED) is 0.747. The zero-order valence-electron chi connectivity index (χ0n) is 11.6. The normalized spacial score (nSPS) is 15.2. The lowest BCUT2D eigenvalue weighted by Gasteiger charge is -2.22. The molecule has 1 aromatic heterocycles. The molecule has 4 nitrogen and oxygen atoms in total. The Morgan fingerprint density at radius 1 is 1.35 bits per heavy atom. The predicted octanol–water partition coefficient (Wildman–Crippen LogP) is 2.19. The molecular formula is C15H21N3OS. The van der Waals surface area contributed by atoms with Gasteiger partial charge in [0.1, 0.15) is 0 Å². The highest BCUT2D eigenvalue weighted by molar-refractivity contribution is 7.12. The van der Waals surface area contributed by atoms with Crippen LogP contribution in [0.1, 0.15) is 41.9 Å². The molecule has 0 atom stereocenters. The number of hydrogen-bond donors (Lipinski definition) is 3. The van der Waals surface area contributed by atoms with Crippen LogP contribution in [0.3, 0.4) is 0 Å². The van der Waals surface area contributed by atoms with Gasteiger partial charge in [0, 0.05) is 10.9 Å². The fourth-order valence-corrected chi connectivity index (χ4v) is 3.15. The topological polar surface area (TPSA) is 67.1 Å². The molecule has 0 spiro atoms. The standard InChI is InChI=1S/C15H21N3OS/c16-10-4-7-13-8-9-14(20-13)11-17-15(19)18-12-5-2-1-3-6-12/h8-9,12H,1-3,5-6,10-11,16H2,(H2,17,18,19). The Kier molecular flexibility index (Phi) is 5.90. The zero-order chi connectivity index (χ0) is 14.2. The number of hydrogen-bond acceptors (Lipinski definition) is 3. The van der Waals surface area contributed by atoms with E-state index in [2.05, 4.69) is 22.5 Å². The first kappa shape index (κ1) is 14.9. The van der Waals surface area contributed by atoms with Crippen molar-refractivity contribution in [3.63, 3.8) is 0 Å². The fourth-order valence-electron chi connectivity index (χ4n) is 2.33. The van der Waals surface area contributed by atoms with Crippen LogP contribution < -0.4 is 16.4 Å². The molecule has 4 N–H and O–H groups in total. The first-order valence-corrected chi connectivity index (χ1v) is 7.91. The molecule has 2 rings (SSSR count). The van der Waals surface area contributed by atoms with Crippen LogP contribution in [0.2, 0.25) is 0 Å². The van der Waals surface area contributed by atoms with Crippen molar-refractivity contribution in [2.75, 3.05) is 6.54 Å². The predicted molar refractivity (Wildman–Crippen MR) is 82.5 cm³/mol. The molecule has 0 bridgehead atoms. The summed E-state index contributed by atoms with van der Waals surface area (Å²) in [6, 6.07) is 4.23. The van der Waals surface area contributed by atoms with Crippen molar-refractivity contribution < 1.29 is 4.79 Å². The summed E-state index contributed by atoms with van der Waals surface area (Å²) < 4.78 is 0. The van der Waals surface area contributed by atoms with E-state index in [0.717, 1.165) is 22.6 Å². The van der Waals surface area contributed by atoms with E-state index in [1.165, 1.54) is 19.3 Å². The largest absolute Gasteiger partial charge is 0.335 e. The molecule has 1 aromatic rings. The average Bonchev–Trinajstić information content (AvgIpc) is 2.92. The summed E-state index contributed by atoms with van der Waals surface area (Å²) in [6.45, 7) is 0.919. The summed E-state index contributed by atoms with van der Waals surface area (Å²) in [5.41, 5.74) is 5.34. The van der Waals surface area contributed by atoms with Gasteiger partial charge in [-0.2, -0.15) is 0 Å². The van der Waals surface area contributed by atoms with Crippen molar-refractivity contribution in [3.8, 4) is 11.8 Å². The SMILES string of the molecule is NCC#Cc1ccc(CNC(=O)NC2CCCCC2)s1. The average molecular weight is 291 g/mol. The molecule has 1 fully saturated rings.